The minimum atomic E-state index is 0. The predicted molar refractivity (Wildman–Crippen MR) is 5.75 cm³/mol. The number of rotatable bonds is 0. The van der Waals surface area contributed by atoms with Gasteiger partial charge in [0, 0.05) is 101 Å². The summed E-state index contributed by atoms with van der Waals surface area (Å²) in [5.41, 5.74) is 0. The first-order chi connectivity index (χ1) is 0. The van der Waals surface area contributed by atoms with E-state index in [0.29, 0.717) is 0 Å². The van der Waals surface area contributed by atoms with E-state index in [4.69, 9.17) is 0 Å². The summed E-state index contributed by atoms with van der Waals surface area (Å²) in [4.78, 5) is 0. The second-order valence-electron chi connectivity index (χ2n) is 0. The largest absolute Gasteiger partial charge is 0 e. The molecule has 0 spiro atoms. The fourth-order valence-corrected chi connectivity index (χ4v) is 0. The first-order valence-corrected chi connectivity index (χ1v) is 0. The molecule has 0 N–H and O–H groups in total. The Hall–Kier alpha value is 3.23. The molecule has 0 aliphatic rings. The maximum absolute atomic E-state index is 0. The van der Waals surface area contributed by atoms with Crippen molar-refractivity contribution in [2.75, 3.05) is 0 Å². The van der Waals surface area contributed by atoms with E-state index in [1.807, 2.05) is 0 Å². The van der Waals surface area contributed by atoms with Gasteiger partial charge in [-0.2, -0.15) is 0 Å². The SMILES string of the molecule is [Au].[Au].[Ge].[Ni].[Ti]. The predicted octanol–water partition coefficient (Wildman–Crippen LogP) is -0.391. The fourth-order valence-electron chi connectivity index (χ4n) is 0. The summed E-state index contributed by atoms with van der Waals surface area (Å²) in [6.07, 6.45) is 0. The van der Waals surface area contributed by atoms with Gasteiger partial charge in [-0.15, -0.1) is 0 Å². The van der Waals surface area contributed by atoms with E-state index < -0.39 is 0 Å². The van der Waals surface area contributed by atoms with Crippen LogP contribution in [0.3, 0.4) is 0 Å². The quantitative estimate of drug-likeness (QED) is 0.347. The Morgan fingerprint density at radius 2 is 0.800 bits per heavy atom. The molecule has 0 unspecified atom stereocenters. The first kappa shape index (κ1) is 41.2. The minimum absolute atomic E-state index is 0. The molecule has 0 heterocycles. The average Bonchev–Trinajstić information content (AvgIpc) is 0. The minimum Gasteiger partial charge on any atom is 0 e. The van der Waals surface area contributed by atoms with Gasteiger partial charge in [-0.05, 0) is 0 Å². The zero-order valence-corrected chi connectivity index (χ0v) is 10.9. The Balaban J connectivity index is 0. The molecule has 40 valence electrons. The van der Waals surface area contributed by atoms with Crippen molar-refractivity contribution < 1.29 is 83.0 Å². The fraction of sp³-hybridized carbons (Fsp3) is 0. The van der Waals surface area contributed by atoms with Crippen LogP contribution in [0.2, 0.25) is 0 Å². The number of hydrogen-bond donors (Lipinski definition) is 0. The molecule has 0 rings (SSSR count). The van der Waals surface area contributed by atoms with Crippen LogP contribution in [-0.2, 0) is 83.0 Å². The average molecular weight is 573 g/mol. The first-order valence-electron chi connectivity index (χ1n) is 0. The van der Waals surface area contributed by atoms with E-state index in [1.54, 1.807) is 0 Å². The maximum Gasteiger partial charge on any atom is 0 e. The standard InChI is InChI=1S/2Au.Ge.Ni.Ti. The molecule has 0 nitrogen and oxygen atoms in total. The Labute approximate surface area is 98.8 Å². The molecule has 0 fully saturated rings. The van der Waals surface area contributed by atoms with Gasteiger partial charge in [0.15, 0.2) is 0 Å². The molecule has 0 aromatic heterocycles. The maximum atomic E-state index is 0. The smallest absolute Gasteiger partial charge is 0 e. The molecule has 0 saturated carbocycles. The Bertz CT molecular complexity index is 9.61. The van der Waals surface area contributed by atoms with Gasteiger partial charge < -0.3 is 0 Å². The molecular formula is Au2GeNiTi. The molecule has 0 aliphatic heterocycles. The molecule has 5 heavy (non-hydrogen) atoms. The van der Waals surface area contributed by atoms with E-state index in [0.717, 1.165) is 0 Å². The monoisotopic (exact) mass is 574 g/mol. The zero-order valence-electron chi connectivity index (χ0n) is 1.92. The van der Waals surface area contributed by atoms with Crippen molar-refractivity contribution in [3.63, 3.8) is 0 Å². The van der Waals surface area contributed by atoms with Gasteiger partial charge in [-0.3, -0.25) is 0 Å². The van der Waals surface area contributed by atoms with Crippen molar-refractivity contribution >= 4 is 17.6 Å². The summed E-state index contributed by atoms with van der Waals surface area (Å²) in [6, 6.07) is 0. The van der Waals surface area contributed by atoms with Crippen LogP contribution in [0.4, 0.5) is 0 Å². The zero-order chi connectivity index (χ0) is 0. The molecular weight excluding hydrogens is 573 g/mol. The van der Waals surface area contributed by atoms with Crippen LogP contribution in [0.25, 0.3) is 0 Å². The van der Waals surface area contributed by atoms with E-state index >= 15 is 0 Å². The van der Waals surface area contributed by atoms with Gasteiger partial charge >= 0.3 is 0 Å². The third-order valence-corrected chi connectivity index (χ3v) is 0. The molecule has 6 radical (unpaired) electrons. The Morgan fingerprint density at radius 3 is 0.800 bits per heavy atom. The summed E-state index contributed by atoms with van der Waals surface area (Å²) < 4.78 is 0. The van der Waals surface area contributed by atoms with Crippen molar-refractivity contribution in [2.24, 2.45) is 0 Å². The van der Waals surface area contributed by atoms with Crippen LogP contribution >= 0.6 is 0 Å². The molecule has 0 bridgehead atoms. The molecule has 0 aromatic carbocycles. The van der Waals surface area contributed by atoms with Crippen molar-refractivity contribution in [3.05, 3.63) is 0 Å². The molecule has 0 atom stereocenters. The van der Waals surface area contributed by atoms with E-state index in [2.05, 4.69) is 0 Å². The van der Waals surface area contributed by atoms with E-state index in [1.165, 1.54) is 0 Å². The topological polar surface area (TPSA) is 0 Å². The van der Waals surface area contributed by atoms with Crippen molar-refractivity contribution in [1.82, 2.24) is 0 Å². The van der Waals surface area contributed by atoms with Crippen molar-refractivity contribution in [1.29, 1.82) is 0 Å². The second kappa shape index (κ2) is 26.9. The molecule has 5 heteroatoms. The third-order valence-electron chi connectivity index (χ3n) is 0. The molecule has 0 aliphatic carbocycles. The molecule has 0 amide bonds. The van der Waals surface area contributed by atoms with Crippen LogP contribution in [0.15, 0.2) is 0 Å². The summed E-state index contributed by atoms with van der Waals surface area (Å²) in [7, 11) is 0. The second-order valence-corrected chi connectivity index (χ2v) is 0. The van der Waals surface area contributed by atoms with Crippen LogP contribution in [0, 0.1) is 0 Å². The van der Waals surface area contributed by atoms with Gasteiger partial charge in [0.25, 0.3) is 0 Å². The van der Waals surface area contributed by atoms with Crippen LogP contribution in [0.5, 0.6) is 0 Å². The van der Waals surface area contributed by atoms with Crippen LogP contribution < -0.4 is 0 Å². The van der Waals surface area contributed by atoms with Crippen molar-refractivity contribution in [2.45, 2.75) is 0 Å². The van der Waals surface area contributed by atoms with E-state index in [-0.39, 0.29) is 101 Å². The van der Waals surface area contributed by atoms with Gasteiger partial charge in [-0.1, -0.05) is 0 Å². The molecule has 0 saturated heterocycles. The van der Waals surface area contributed by atoms with Crippen LogP contribution in [-0.4, -0.2) is 17.6 Å². The number of hydrogen-bond acceptors (Lipinski definition) is 0. The Morgan fingerprint density at radius 1 is 0.800 bits per heavy atom. The van der Waals surface area contributed by atoms with Crippen molar-refractivity contribution in [3.8, 4) is 0 Å². The van der Waals surface area contributed by atoms with Gasteiger partial charge in [0.1, 0.15) is 0 Å². The summed E-state index contributed by atoms with van der Waals surface area (Å²) in [6.45, 7) is 0. The summed E-state index contributed by atoms with van der Waals surface area (Å²) in [5, 5.41) is 0. The van der Waals surface area contributed by atoms with Gasteiger partial charge in [0.2, 0.25) is 0 Å². The molecule has 0 aromatic rings. The summed E-state index contributed by atoms with van der Waals surface area (Å²) in [5.74, 6) is 0. The normalized spacial score (nSPS) is 0. The van der Waals surface area contributed by atoms with Crippen LogP contribution in [0.1, 0.15) is 0 Å². The third kappa shape index (κ3) is 19.0. The van der Waals surface area contributed by atoms with E-state index in [9.17, 15) is 0 Å². The summed E-state index contributed by atoms with van der Waals surface area (Å²) >= 11 is 0. The van der Waals surface area contributed by atoms with Gasteiger partial charge in [-0.25, -0.2) is 0 Å². The van der Waals surface area contributed by atoms with Gasteiger partial charge in [0.05, 0.1) is 0 Å². The Kier molecular flexibility index (Phi) is 222.